The Labute approximate surface area is 170 Å². The average Bonchev–Trinajstić information content (AvgIpc) is 3.39. The second-order valence-electron chi connectivity index (χ2n) is 8.67. The summed E-state index contributed by atoms with van der Waals surface area (Å²) < 4.78 is 0. The molecule has 2 aromatic rings. The molecular formula is C24H24N2O3. The maximum atomic E-state index is 13.2. The minimum absolute atomic E-state index is 0.126. The van der Waals surface area contributed by atoms with Gasteiger partial charge >= 0.3 is 0 Å². The van der Waals surface area contributed by atoms with E-state index in [9.17, 15) is 14.4 Å². The number of hydrogen-bond donors (Lipinski definition) is 1. The molecule has 4 atom stereocenters. The molecule has 1 heterocycles. The van der Waals surface area contributed by atoms with Gasteiger partial charge in [0.2, 0.25) is 11.8 Å². The first-order valence-corrected chi connectivity index (χ1v) is 10.3. The highest BCUT2D eigenvalue weighted by Crippen LogP contribution is 2.56. The molecule has 5 nitrogen and oxygen atoms in total. The maximum absolute atomic E-state index is 13.2. The maximum Gasteiger partial charge on any atom is 0.257 e. The summed E-state index contributed by atoms with van der Waals surface area (Å²) in [5, 5.41) is 2.91. The van der Waals surface area contributed by atoms with E-state index < -0.39 is 0 Å². The van der Waals surface area contributed by atoms with Crippen LogP contribution in [0, 0.1) is 37.5 Å². The van der Waals surface area contributed by atoms with Crippen LogP contribution in [0.5, 0.6) is 0 Å². The van der Waals surface area contributed by atoms with Crippen LogP contribution in [0.1, 0.15) is 40.7 Å². The van der Waals surface area contributed by atoms with Crippen LogP contribution in [0.4, 0.5) is 11.4 Å². The third-order valence-corrected chi connectivity index (χ3v) is 7.08. The second-order valence-corrected chi connectivity index (χ2v) is 8.67. The molecule has 0 spiro atoms. The van der Waals surface area contributed by atoms with Crippen molar-refractivity contribution in [2.45, 2.75) is 33.1 Å². The van der Waals surface area contributed by atoms with Crippen molar-refractivity contribution in [1.82, 2.24) is 0 Å². The number of para-hydroxylation sites is 1. The minimum Gasteiger partial charge on any atom is -0.322 e. The third kappa shape index (κ3) is 2.71. The lowest BCUT2D eigenvalue weighted by Crippen LogP contribution is -2.34. The molecule has 1 saturated heterocycles. The molecule has 2 aliphatic carbocycles. The van der Waals surface area contributed by atoms with Crippen molar-refractivity contribution in [3.63, 3.8) is 0 Å². The zero-order valence-corrected chi connectivity index (χ0v) is 16.6. The largest absolute Gasteiger partial charge is 0.322 e. The van der Waals surface area contributed by atoms with E-state index in [-0.39, 0.29) is 29.6 Å². The van der Waals surface area contributed by atoms with E-state index in [1.165, 1.54) is 4.90 Å². The Hall–Kier alpha value is -2.95. The van der Waals surface area contributed by atoms with Crippen LogP contribution < -0.4 is 10.2 Å². The van der Waals surface area contributed by atoms with Gasteiger partial charge in [-0.05, 0) is 80.3 Å². The minimum atomic E-state index is -0.315. The molecule has 3 amide bonds. The van der Waals surface area contributed by atoms with Crippen molar-refractivity contribution in [3.05, 3.63) is 59.2 Å². The lowest BCUT2D eigenvalue weighted by atomic mass is 9.81. The van der Waals surface area contributed by atoms with Crippen LogP contribution in [0.3, 0.4) is 0 Å². The fourth-order valence-electron chi connectivity index (χ4n) is 5.52. The molecule has 3 aliphatic rings. The Morgan fingerprint density at radius 2 is 1.59 bits per heavy atom. The van der Waals surface area contributed by atoms with E-state index in [1.807, 2.05) is 32.0 Å². The van der Waals surface area contributed by atoms with E-state index in [4.69, 9.17) is 0 Å². The van der Waals surface area contributed by atoms with E-state index >= 15 is 0 Å². The summed E-state index contributed by atoms with van der Waals surface area (Å²) in [5.74, 6) is -0.318. The first-order chi connectivity index (χ1) is 14.0. The lowest BCUT2D eigenvalue weighted by molar-refractivity contribution is -0.123. The average molecular weight is 388 g/mol. The summed E-state index contributed by atoms with van der Waals surface area (Å²) in [6.45, 7) is 4.01. The highest BCUT2D eigenvalue weighted by Gasteiger charge is 2.61. The molecule has 2 saturated carbocycles. The quantitative estimate of drug-likeness (QED) is 0.806. The van der Waals surface area contributed by atoms with E-state index in [1.54, 1.807) is 24.3 Å². The summed E-state index contributed by atoms with van der Waals surface area (Å²) >= 11 is 0. The predicted molar refractivity (Wildman–Crippen MR) is 111 cm³/mol. The Balaban J connectivity index is 1.47. The highest BCUT2D eigenvalue weighted by molar-refractivity contribution is 6.25. The third-order valence-electron chi connectivity index (χ3n) is 7.08. The van der Waals surface area contributed by atoms with Crippen molar-refractivity contribution in [3.8, 4) is 0 Å². The Morgan fingerprint density at radius 3 is 2.24 bits per heavy atom. The number of carbonyl (C=O) groups excluding carboxylic acids is 3. The number of nitrogens with zero attached hydrogens (tertiary/aromatic N) is 1. The van der Waals surface area contributed by atoms with Gasteiger partial charge in [-0.1, -0.05) is 18.2 Å². The number of anilines is 2. The van der Waals surface area contributed by atoms with Gasteiger partial charge in [-0.15, -0.1) is 0 Å². The summed E-state index contributed by atoms with van der Waals surface area (Å²) in [5.41, 5.74) is 3.68. The van der Waals surface area contributed by atoms with Gasteiger partial charge in [0, 0.05) is 5.69 Å². The molecule has 1 N–H and O–H groups in total. The molecule has 5 rings (SSSR count). The topological polar surface area (TPSA) is 66.5 Å². The van der Waals surface area contributed by atoms with Crippen molar-refractivity contribution in [2.24, 2.45) is 23.7 Å². The van der Waals surface area contributed by atoms with Gasteiger partial charge < -0.3 is 5.32 Å². The molecule has 0 radical (unpaired) electrons. The first kappa shape index (κ1) is 18.1. The summed E-state index contributed by atoms with van der Waals surface area (Å²) in [6, 6.07) is 12.6. The fourth-order valence-corrected chi connectivity index (χ4v) is 5.52. The smallest absolute Gasteiger partial charge is 0.257 e. The van der Waals surface area contributed by atoms with Gasteiger partial charge in [0.15, 0.2) is 0 Å². The van der Waals surface area contributed by atoms with Crippen LogP contribution in [0.25, 0.3) is 0 Å². The van der Waals surface area contributed by atoms with Crippen LogP contribution in [0.2, 0.25) is 0 Å². The SMILES string of the molecule is Cc1ccc(NC(=O)c2ccccc2N2C(=O)[C@@H]3[C@H]4CC[C@@H](C4)[C@@H]3C2=O)cc1C. The van der Waals surface area contributed by atoms with Crippen molar-refractivity contribution < 1.29 is 14.4 Å². The zero-order valence-electron chi connectivity index (χ0n) is 16.6. The van der Waals surface area contributed by atoms with Crippen LogP contribution in [-0.4, -0.2) is 17.7 Å². The van der Waals surface area contributed by atoms with Gasteiger partial charge in [0.1, 0.15) is 0 Å². The Morgan fingerprint density at radius 1 is 0.931 bits per heavy atom. The number of nitrogens with one attached hydrogen (secondary N) is 1. The number of aryl methyl sites for hydroxylation is 2. The molecule has 2 aromatic carbocycles. The summed E-state index contributed by atoms with van der Waals surface area (Å²) in [4.78, 5) is 40.7. The molecule has 29 heavy (non-hydrogen) atoms. The van der Waals surface area contributed by atoms with Crippen molar-refractivity contribution >= 4 is 29.1 Å². The van der Waals surface area contributed by atoms with Crippen LogP contribution in [-0.2, 0) is 9.59 Å². The Bertz CT molecular complexity index is 1020. The molecule has 1 aliphatic heterocycles. The van der Waals surface area contributed by atoms with Crippen LogP contribution in [0.15, 0.2) is 42.5 Å². The number of fused-ring (bicyclic) bond motifs is 5. The molecule has 2 bridgehead atoms. The molecule has 0 unspecified atom stereocenters. The van der Waals surface area contributed by atoms with Crippen LogP contribution >= 0.6 is 0 Å². The molecule has 148 valence electrons. The summed E-state index contributed by atoms with van der Waals surface area (Å²) in [6.07, 6.45) is 3.07. The van der Waals surface area contributed by atoms with Gasteiger partial charge in [0.25, 0.3) is 5.91 Å². The van der Waals surface area contributed by atoms with E-state index in [0.29, 0.717) is 28.8 Å². The zero-order chi connectivity index (χ0) is 20.3. The summed E-state index contributed by atoms with van der Waals surface area (Å²) in [7, 11) is 0. The van der Waals surface area contributed by atoms with Crippen molar-refractivity contribution in [2.75, 3.05) is 10.2 Å². The highest BCUT2D eigenvalue weighted by atomic mass is 16.2. The van der Waals surface area contributed by atoms with Gasteiger partial charge in [-0.3, -0.25) is 14.4 Å². The Kier molecular flexibility index (Phi) is 4.09. The monoisotopic (exact) mass is 388 g/mol. The standard InChI is InChI=1S/C24H24N2O3/c1-13-7-10-17(11-14(13)2)25-22(27)18-5-3-4-6-19(18)26-23(28)20-15-8-9-16(12-15)21(20)24(26)29/h3-7,10-11,15-16,20-21H,8-9,12H2,1-2H3,(H,25,27)/t15-,16-,20-,21+/m0/s1. The molecule has 0 aromatic heterocycles. The number of amides is 3. The predicted octanol–water partition coefficient (Wildman–Crippen LogP) is 4.09. The number of hydrogen-bond acceptors (Lipinski definition) is 3. The first-order valence-electron chi connectivity index (χ1n) is 10.3. The molecule has 3 fully saturated rings. The lowest BCUT2D eigenvalue weighted by Gasteiger charge is -2.20. The molecular weight excluding hydrogens is 364 g/mol. The fraction of sp³-hybridized carbons (Fsp3) is 0.375. The number of imide groups is 1. The van der Waals surface area contributed by atoms with Crippen molar-refractivity contribution in [1.29, 1.82) is 0 Å². The second kappa shape index (κ2) is 6.55. The number of carbonyl (C=O) groups is 3. The number of rotatable bonds is 3. The van der Waals surface area contributed by atoms with E-state index in [2.05, 4.69) is 5.32 Å². The normalized spacial score (nSPS) is 27.4. The van der Waals surface area contributed by atoms with E-state index in [0.717, 1.165) is 30.4 Å². The van der Waals surface area contributed by atoms with Gasteiger partial charge in [0.05, 0.1) is 23.1 Å². The van der Waals surface area contributed by atoms with Gasteiger partial charge in [-0.25, -0.2) is 4.90 Å². The van der Waals surface area contributed by atoms with Gasteiger partial charge in [-0.2, -0.15) is 0 Å². The molecule has 5 heteroatoms. The number of benzene rings is 2.